The van der Waals surface area contributed by atoms with E-state index in [1.807, 2.05) is 0 Å². The number of ether oxygens (including phenoxy) is 2. The summed E-state index contributed by atoms with van der Waals surface area (Å²) in [4.78, 5) is 21.9. The van der Waals surface area contributed by atoms with Crippen molar-refractivity contribution in [3.05, 3.63) is 42.2 Å². The lowest BCUT2D eigenvalue weighted by atomic mass is 9.99. The van der Waals surface area contributed by atoms with Gasteiger partial charge in [0.25, 0.3) is 0 Å². The van der Waals surface area contributed by atoms with Gasteiger partial charge in [0, 0.05) is 16.8 Å². The first kappa shape index (κ1) is 16.7. The number of hydrogen-bond donors (Lipinski definition) is 2. The average molecular weight is 370 g/mol. The molecule has 9 nitrogen and oxygen atoms in total. The molecule has 0 saturated heterocycles. The van der Waals surface area contributed by atoms with E-state index in [-0.39, 0.29) is 11.3 Å². The fraction of sp³-hybridized carbons (Fsp3) is 0.111. The predicted octanol–water partition coefficient (Wildman–Crippen LogP) is 2.91. The van der Waals surface area contributed by atoms with Crippen molar-refractivity contribution in [2.75, 3.05) is 14.2 Å². The molecule has 0 bridgehead atoms. The molecule has 0 aliphatic carbocycles. The Bertz CT molecular complexity index is 1030. The normalized spacial score (nSPS) is 12.1. The molecular weight excluding hydrogens is 356 g/mol. The second kappa shape index (κ2) is 6.54. The van der Waals surface area contributed by atoms with Crippen LogP contribution in [0.5, 0.6) is 23.0 Å². The molecule has 1 aromatic heterocycles. The summed E-state index contributed by atoms with van der Waals surface area (Å²) in [5, 5.41) is 13.5. The van der Waals surface area contributed by atoms with Crippen LogP contribution in [0.2, 0.25) is 0 Å². The van der Waals surface area contributed by atoms with E-state index in [1.54, 1.807) is 24.3 Å². The first-order valence-electron chi connectivity index (χ1n) is 7.79. The maximum Gasteiger partial charge on any atom is 0.339 e. The highest BCUT2D eigenvalue weighted by atomic mass is 16.9. The fourth-order valence-electron chi connectivity index (χ4n) is 2.84. The van der Waals surface area contributed by atoms with E-state index in [0.29, 0.717) is 39.6 Å². The van der Waals surface area contributed by atoms with Crippen molar-refractivity contribution >= 4 is 5.97 Å². The molecular formula is C18H14N2O7. The molecule has 0 fully saturated rings. The summed E-state index contributed by atoms with van der Waals surface area (Å²) in [6.07, 6.45) is 1.44. The lowest BCUT2D eigenvalue weighted by molar-refractivity contribution is 0.0248. The van der Waals surface area contributed by atoms with Crippen molar-refractivity contribution in [3.63, 3.8) is 0 Å². The molecule has 0 saturated carbocycles. The van der Waals surface area contributed by atoms with Gasteiger partial charge < -0.3 is 28.8 Å². The van der Waals surface area contributed by atoms with Gasteiger partial charge in [-0.3, -0.25) is 0 Å². The predicted molar refractivity (Wildman–Crippen MR) is 91.8 cm³/mol. The lowest BCUT2D eigenvalue weighted by Gasteiger charge is -2.09. The zero-order chi connectivity index (χ0) is 19.0. The minimum Gasteiger partial charge on any atom is -0.496 e. The number of nitrogens with zero attached hydrogens (tertiary/aromatic N) is 1. The Labute approximate surface area is 152 Å². The molecule has 0 unspecified atom stereocenters. The second-order valence-corrected chi connectivity index (χ2v) is 5.59. The number of rotatable bonds is 5. The second-order valence-electron chi connectivity index (χ2n) is 5.59. The Kier molecular flexibility index (Phi) is 4.05. The number of fused-ring (bicyclic) bond motifs is 1. The van der Waals surface area contributed by atoms with Crippen LogP contribution in [0.25, 0.3) is 22.4 Å². The third kappa shape index (κ3) is 2.79. The Morgan fingerprint density at radius 3 is 2.63 bits per heavy atom. The van der Waals surface area contributed by atoms with Gasteiger partial charge in [0.05, 0.1) is 14.2 Å². The van der Waals surface area contributed by atoms with Crippen LogP contribution in [0.4, 0.5) is 0 Å². The van der Waals surface area contributed by atoms with Gasteiger partial charge >= 0.3 is 5.97 Å². The van der Waals surface area contributed by atoms with Crippen molar-refractivity contribution in [2.24, 2.45) is 0 Å². The molecule has 2 N–H and O–H groups in total. The van der Waals surface area contributed by atoms with Gasteiger partial charge in [-0.05, 0) is 29.8 Å². The highest BCUT2D eigenvalue weighted by Gasteiger charge is 2.24. The summed E-state index contributed by atoms with van der Waals surface area (Å²) >= 11 is 0. The molecule has 0 spiro atoms. The number of carboxylic acids is 1. The SMILES string of the molecule is COc1ccc(-c2conc2-c2cc(OC)c3c(c2)ONO3)cc1C(=O)O. The minimum atomic E-state index is -1.09. The zero-order valence-corrected chi connectivity index (χ0v) is 14.3. The lowest BCUT2D eigenvalue weighted by Crippen LogP contribution is -2.14. The zero-order valence-electron chi connectivity index (χ0n) is 14.3. The first-order valence-corrected chi connectivity index (χ1v) is 7.79. The van der Waals surface area contributed by atoms with Crippen LogP contribution in [0, 0.1) is 0 Å². The van der Waals surface area contributed by atoms with E-state index in [0.717, 1.165) is 0 Å². The summed E-state index contributed by atoms with van der Waals surface area (Å²) in [6.45, 7) is 0. The maximum absolute atomic E-state index is 11.5. The third-order valence-electron chi connectivity index (χ3n) is 4.12. The van der Waals surface area contributed by atoms with E-state index in [2.05, 4.69) is 10.8 Å². The first-order chi connectivity index (χ1) is 13.1. The van der Waals surface area contributed by atoms with E-state index >= 15 is 0 Å². The van der Waals surface area contributed by atoms with Crippen molar-refractivity contribution < 1.29 is 33.6 Å². The summed E-state index contributed by atoms with van der Waals surface area (Å²) in [5.41, 5.74) is 4.70. The van der Waals surface area contributed by atoms with Gasteiger partial charge in [0.15, 0.2) is 5.75 Å². The molecule has 4 rings (SSSR count). The summed E-state index contributed by atoms with van der Waals surface area (Å²) < 4.78 is 15.6. The topological polar surface area (TPSA) is 112 Å². The quantitative estimate of drug-likeness (QED) is 0.700. The van der Waals surface area contributed by atoms with Gasteiger partial charge in [-0.2, -0.15) is 0 Å². The van der Waals surface area contributed by atoms with E-state index in [9.17, 15) is 9.90 Å². The van der Waals surface area contributed by atoms with Crippen LogP contribution in [0.1, 0.15) is 10.4 Å². The number of aromatic nitrogens is 1. The fourth-order valence-corrected chi connectivity index (χ4v) is 2.84. The minimum absolute atomic E-state index is 0.0367. The number of aromatic carboxylic acids is 1. The van der Waals surface area contributed by atoms with E-state index in [4.69, 9.17) is 23.7 Å². The van der Waals surface area contributed by atoms with Gasteiger partial charge in [-0.25, -0.2) is 4.79 Å². The molecule has 9 heteroatoms. The standard InChI is InChI=1S/C18H14N2O7/c1-23-13-4-3-9(5-11(13)18(21)22)12-8-25-19-16(12)10-6-14(24-2)17-15(7-10)26-20-27-17/h3-8,20H,1-2H3,(H,21,22). The smallest absolute Gasteiger partial charge is 0.339 e. The molecule has 2 aromatic carbocycles. The number of nitrogens with one attached hydrogen (secondary N) is 1. The molecule has 0 radical (unpaired) electrons. The monoisotopic (exact) mass is 370 g/mol. The number of benzene rings is 2. The molecule has 0 amide bonds. The van der Waals surface area contributed by atoms with E-state index < -0.39 is 5.97 Å². The van der Waals surface area contributed by atoms with Crippen LogP contribution in [-0.4, -0.2) is 30.5 Å². The Hall–Kier alpha value is -3.72. The van der Waals surface area contributed by atoms with Gasteiger partial charge in [0.1, 0.15) is 23.3 Å². The van der Waals surface area contributed by atoms with Crippen molar-refractivity contribution in [1.82, 2.24) is 10.8 Å². The highest BCUT2D eigenvalue weighted by molar-refractivity contribution is 5.93. The van der Waals surface area contributed by atoms with Crippen molar-refractivity contribution in [3.8, 4) is 45.4 Å². The molecule has 1 aliphatic rings. The molecule has 138 valence electrons. The Balaban J connectivity index is 1.83. The van der Waals surface area contributed by atoms with Gasteiger partial charge in [-0.1, -0.05) is 11.2 Å². The van der Waals surface area contributed by atoms with Crippen LogP contribution >= 0.6 is 0 Å². The molecule has 1 aliphatic heterocycles. The molecule has 27 heavy (non-hydrogen) atoms. The Morgan fingerprint density at radius 2 is 1.89 bits per heavy atom. The number of carboxylic acid groups (broad SMARTS) is 1. The molecule has 0 atom stereocenters. The van der Waals surface area contributed by atoms with Crippen molar-refractivity contribution in [1.29, 1.82) is 0 Å². The molecule has 2 heterocycles. The van der Waals surface area contributed by atoms with Crippen LogP contribution in [0.3, 0.4) is 0 Å². The van der Waals surface area contributed by atoms with Crippen LogP contribution in [-0.2, 0) is 0 Å². The highest BCUT2D eigenvalue weighted by Crippen LogP contribution is 2.44. The van der Waals surface area contributed by atoms with Crippen molar-refractivity contribution in [2.45, 2.75) is 0 Å². The van der Waals surface area contributed by atoms with Gasteiger partial charge in [-0.15, -0.1) is 0 Å². The van der Waals surface area contributed by atoms with Gasteiger partial charge in [0.2, 0.25) is 11.5 Å². The Morgan fingerprint density at radius 1 is 1.07 bits per heavy atom. The maximum atomic E-state index is 11.5. The summed E-state index contributed by atoms with van der Waals surface area (Å²) in [6, 6.07) is 8.24. The number of carbonyl (C=O) groups is 1. The molecule has 3 aromatic rings. The summed E-state index contributed by atoms with van der Waals surface area (Å²) in [5.74, 6) is 0.466. The largest absolute Gasteiger partial charge is 0.496 e. The third-order valence-corrected chi connectivity index (χ3v) is 4.12. The van der Waals surface area contributed by atoms with Crippen LogP contribution < -0.4 is 24.8 Å². The number of methoxy groups -OCH3 is 2. The van der Waals surface area contributed by atoms with Crippen LogP contribution in [0.15, 0.2) is 41.1 Å². The average Bonchev–Trinajstić information content (AvgIpc) is 3.35. The summed E-state index contributed by atoms with van der Waals surface area (Å²) in [7, 11) is 2.92. The van der Waals surface area contributed by atoms with E-state index in [1.165, 1.54) is 26.5 Å². The number of hydrogen-bond acceptors (Lipinski definition) is 8.